The van der Waals surface area contributed by atoms with E-state index in [4.69, 9.17) is 18.9 Å². The Kier molecular flexibility index (Phi) is 9.81. The number of hydrogen-bond acceptors (Lipinski definition) is 8. The molecule has 0 aromatic carbocycles. The SMILES string of the molecule is CC(C)(C)OC(=O)NCCOCCOCCOc1cc(C(F)(F)F)nc(NF)n1. The number of aromatic nitrogens is 2. The largest absolute Gasteiger partial charge is 0.475 e. The quantitative estimate of drug-likeness (QED) is 0.315. The lowest BCUT2D eigenvalue weighted by Crippen LogP contribution is -2.34. The molecule has 1 aromatic rings. The van der Waals surface area contributed by atoms with Gasteiger partial charge in [-0.3, -0.25) is 0 Å². The highest BCUT2D eigenvalue weighted by Crippen LogP contribution is 2.30. The highest BCUT2D eigenvalue weighted by molar-refractivity contribution is 5.67. The Balaban J connectivity index is 2.14. The zero-order valence-corrected chi connectivity index (χ0v) is 16.3. The van der Waals surface area contributed by atoms with Crippen LogP contribution in [0.5, 0.6) is 5.88 Å². The van der Waals surface area contributed by atoms with E-state index in [1.54, 1.807) is 20.8 Å². The lowest BCUT2D eigenvalue weighted by Gasteiger charge is -2.19. The molecule has 9 nitrogen and oxygen atoms in total. The Labute approximate surface area is 165 Å². The summed E-state index contributed by atoms with van der Waals surface area (Å²) in [6, 6.07) is 0.557. The molecule has 29 heavy (non-hydrogen) atoms. The lowest BCUT2D eigenvalue weighted by molar-refractivity contribution is -0.141. The van der Waals surface area contributed by atoms with Gasteiger partial charge in [-0.05, 0) is 20.8 Å². The van der Waals surface area contributed by atoms with Crippen LogP contribution in [-0.4, -0.2) is 61.2 Å². The number of nitrogens with zero attached hydrogens (tertiary/aromatic N) is 2. The first-order valence-corrected chi connectivity index (χ1v) is 8.59. The van der Waals surface area contributed by atoms with Crippen molar-refractivity contribution in [2.75, 3.05) is 45.1 Å². The molecule has 0 aliphatic heterocycles. The van der Waals surface area contributed by atoms with E-state index < -0.39 is 35.4 Å². The van der Waals surface area contributed by atoms with Gasteiger partial charge < -0.3 is 24.3 Å². The molecule has 0 unspecified atom stereocenters. The van der Waals surface area contributed by atoms with E-state index in [1.165, 1.54) is 0 Å². The van der Waals surface area contributed by atoms with Gasteiger partial charge in [-0.25, -0.2) is 9.78 Å². The second-order valence-electron chi connectivity index (χ2n) is 6.51. The molecule has 1 aromatic heterocycles. The molecule has 1 heterocycles. The van der Waals surface area contributed by atoms with Gasteiger partial charge in [0.25, 0.3) is 5.95 Å². The summed E-state index contributed by atoms with van der Waals surface area (Å²) in [5.74, 6) is -1.30. The minimum absolute atomic E-state index is 0.0449. The molecule has 0 atom stereocenters. The summed E-state index contributed by atoms with van der Waals surface area (Å²) < 4.78 is 70.8. The predicted octanol–water partition coefficient (Wildman–Crippen LogP) is 2.73. The fourth-order valence-corrected chi connectivity index (χ4v) is 1.75. The number of anilines is 1. The number of nitrogens with one attached hydrogen (secondary N) is 2. The fourth-order valence-electron chi connectivity index (χ4n) is 1.75. The van der Waals surface area contributed by atoms with Crippen LogP contribution in [0.15, 0.2) is 6.07 Å². The summed E-state index contributed by atoms with van der Waals surface area (Å²) in [6.45, 7) is 6.13. The van der Waals surface area contributed by atoms with Crippen LogP contribution in [0.1, 0.15) is 26.5 Å². The maximum atomic E-state index is 12.7. The number of rotatable bonds is 11. The van der Waals surface area contributed by atoms with E-state index in [2.05, 4.69) is 15.3 Å². The maximum absolute atomic E-state index is 12.7. The van der Waals surface area contributed by atoms with Crippen molar-refractivity contribution in [3.63, 3.8) is 0 Å². The highest BCUT2D eigenvalue weighted by atomic mass is 19.4. The van der Waals surface area contributed by atoms with Crippen LogP contribution in [0.3, 0.4) is 0 Å². The second kappa shape index (κ2) is 11.6. The third kappa shape index (κ3) is 11.2. The minimum atomic E-state index is -4.77. The number of halogens is 4. The number of hydrogen-bond donors (Lipinski definition) is 2. The van der Waals surface area contributed by atoms with Gasteiger partial charge >= 0.3 is 12.3 Å². The van der Waals surface area contributed by atoms with E-state index in [0.717, 1.165) is 5.54 Å². The van der Waals surface area contributed by atoms with Crippen LogP contribution in [-0.2, 0) is 20.4 Å². The zero-order chi connectivity index (χ0) is 21.9. The Morgan fingerprint density at radius 1 is 1.03 bits per heavy atom. The van der Waals surface area contributed by atoms with Gasteiger partial charge in [0.1, 0.15) is 12.2 Å². The van der Waals surface area contributed by atoms with Crippen molar-refractivity contribution in [2.24, 2.45) is 0 Å². The van der Waals surface area contributed by atoms with Crippen LogP contribution in [0, 0.1) is 0 Å². The molecule has 1 amide bonds. The van der Waals surface area contributed by atoms with Crippen molar-refractivity contribution in [1.29, 1.82) is 0 Å². The normalized spacial score (nSPS) is 11.8. The molecule has 0 aliphatic rings. The molecule has 0 radical (unpaired) electrons. The van der Waals surface area contributed by atoms with Gasteiger partial charge in [0.15, 0.2) is 5.69 Å². The molecule has 2 N–H and O–H groups in total. The van der Waals surface area contributed by atoms with Crippen molar-refractivity contribution in [3.8, 4) is 5.88 Å². The lowest BCUT2D eigenvalue weighted by atomic mass is 10.2. The van der Waals surface area contributed by atoms with E-state index in [9.17, 15) is 22.4 Å². The smallest absolute Gasteiger partial charge is 0.433 e. The Bertz CT molecular complexity index is 641. The molecular formula is C16H24F4N4O5. The van der Waals surface area contributed by atoms with E-state index in [0.29, 0.717) is 6.07 Å². The van der Waals surface area contributed by atoms with Crippen LogP contribution in [0.2, 0.25) is 0 Å². The monoisotopic (exact) mass is 428 g/mol. The van der Waals surface area contributed by atoms with E-state index >= 15 is 0 Å². The van der Waals surface area contributed by atoms with Gasteiger partial charge in [0, 0.05) is 12.6 Å². The molecule has 1 rings (SSSR count). The summed E-state index contributed by atoms with van der Waals surface area (Å²) >= 11 is 0. The first-order chi connectivity index (χ1) is 13.5. The molecule has 166 valence electrons. The first-order valence-electron chi connectivity index (χ1n) is 8.59. The van der Waals surface area contributed by atoms with Crippen molar-refractivity contribution in [1.82, 2.24) is 15.3 Å². The predicted molar refractivity (Wildman–Crippen MR) is 93.1 cm³/mol. The maximum Gasteiger partial charge on any atom is 0.433 e. The minimum Gasteiger partial charge on any atom is -0.475 e. The second-order valence-corrected chi connectivity index (χ2v) is 6.51. The molecule has 0 aliphatic carbocycles. The van der Waals surface area contributed by atoms with Gasteiger partial charge in [0.2, 0.25) is 5.88 Å². The molecule has 0 saturated heterocycles. The summed E-state index contributed by atoms with van der Waals surface area (Å²) in [6.07, 6.45) is -5.31. The summed E-state index contributed by atoms with van der Waals surface area (Å²) in [4.78, 5) is 17.8. The van der Waals surface area contributed by atoms with Crippen molar-refractivity contribution < 1.29 is 41.4 Å². The fraction of sp³-hybridized carbons (Fsp3) is 0.688. The van der Waals surface area contributed by atoms with Gasteiger partial charge in [0.05, 0.1) is 26.4 Å². The van der Waals surface area contributed by atoms with Crippen LogP contribution in [0.4, 0.5) is 28.4 Å². The molecular weight excluding hydrogens is 404 g/mol. The topological polar surface area (TPSA) is 104 Å². The zero-order valence-electron chi connectivity index (χ0n) is 16.3. The van der Waals surface area contributed by atoms with Crippen molar-refractivity contribution in [2.45, 2.75) is 32.5 Å². The standard InChI is InChI=1S/C16H24F4N4O5/c1-15(2,3)29-14(25)21-4-5-26-6-7-27-8-9-28-12-10-11(16(17,18)19)22-13(23-12)24-20/h10H,4-9H2,1-3H3,(H,21,25)(H,22,23,24). The summed E-state index contributed by atoms with van der Waals surface area (Å²) in [5.41, 5.74) is -0.966. The number of carbonyl (C=O) groups is 1. The third-order valence-corrected chi connectivity index (χ3v) is 2.84. The summed E-state index contributed by atoms with van der Waals surface area (Å²) in [5, 5.41) is 2.52. The summed E-state index contributed by atoms with van der Waals surface area (Å²) in [7, 11) is 0. The van der Waals surface area contributed by atoms with Crippen LogP contribution in [0.25, 0.3) is 0 Å². The Morgan fingerprint density at radius 3 is 2.24 bits per heavy atom. The van der Waals surface area contributed by atoms with Crippen LogP contribution >= 0.6 is 0 Å². The molecule has 13 heteroatoms. The Morgan fingerprint density at radius 2 is 1.66 bits per heavy atom. The number of amides is 1. The first kappa shape index (κ1) is 24.6. The average Bonchev–Trinajstić information content (AvgIpc) is 2.60. The molecule has 0 bridgehead atoms. The van der Waals surface area contributed by atoms with Gasteiger partial charge in [-0.15, -0.1) is 4.48 Å². The number of ether oxygens (including phenoxy) is 4. The third-order valence-electron chi connectivity index (χ3n) is 2.84. The number of carbonyl (C=O) groups excluding carboxylic acids is 1. The van der Waals surface area contributed by atoms with Crippen molar-refractivity contribution >= 4 is 12.0 Å². The average molecular weight is 428 g/mol. The van der Waals surface area contributed by atoms with Gasteiger partial charge in [-0.1, -0.05) is 0 Å². The van der Waals surface area contributed by atoms with Crippen LogP contribution < -0.4 is 15.6 Å². The molecule has 0 saturated carbocycles. The highest BCUT2D eigenvalue weighted by Gasteiger charge is 2.34. The van der Waals surface area contributed by atoms with Crippen molar-refractivity contribution in [3.05, 3.63) is 11.8 Å². The molecule has 0 spiro atoms. The van der Waals surface area contributed by atoms with E-state index in [1.807, 2.05) is 0 Å². The molecule has 0 fully saturated rings. The van der Waals surface area contributed by atoms with Gasteiger partial charge in [-0.2, -0.15) is 23.7 Å². The number of alkyl halides is 3. The number of alkyl carbamates (subject to hydrolysis) is 1. The Hall–Kier alpha value is -2.41. The van der Waals surface area contributed by atoms with E-state index in [-0.39, 0.29) is 39.6 Å².